The highest BCUT2D eigenvalue weighted by Crippen LogP contribution is 2.30. The van der Waals surface area contributed by atoms with Crippen LogP contribution in [-0.4, -0.2) is 39.2 Å². The van der Waals surface area contributed by atoms with Crippen molar-refractivity contribution < 1.29 is 14.4 Å². The zero-order valence-corrected chi connectivity index (χ0v) is 11.7. The van der Waals surface area contributed by atoms with Crippen LogP contribution >= 0.6 is 0 Å². The molecular weight excluding hydrogens is 246 g/mol. The molecule has 106 valence electrons. The lowest BCUT2D eigenvalue weighted by Gasteiger charge is -2.17. The first kappa shape index (κ1) is 14.0. The maximum absolute atomic E-state index is 10.9. The van der Waals surface area contributed by atoms with Crippen LogP contribution in [0, 0.1) is 5.92 Å². The fourth-order valence-electron chi connectivity index (χ4n) is 1.86. The first-order chi connectivity index (χ1) is 8.84. The summed E-state index contributed by atoms with van der Waals surface area (Å²) in [6.45, 7) is 7.26. The first-order valence-electron chi connectivity index (χ1n) is 6.62. The van der Waals surface area contributed by atoms with Gasteiger partial charge in [0.05, 0.1) is 13.1 Å². The summed E-state index contributed by atoms with van der Waals surface area (Å²) in [7, 11) is 0. The average Bonchev–Trinajstić information content (AvgIpc) is 2.91. The lowest BCUT2D eigenvalue weighted by atomic mass is 9.97. The molecule has 1 heterocycles. The predicted molar refractivity (Wildman–Crippen MR) is 68.6 cm³/mol. The summed E-state index contributed by atoms with van der Waals surface area (Å²) in [5.74, 6) is 0.963. The highest BCUT2D eigenvalue weighted by Gasteiger charge is 2.27. The SMILES string of the molecule is CC(C)(C)c1nc(CN(CC(=O)O)CC2CC2)no1. The van der Waals surface area contributed by atoms with Crippen LogP contribution in [0.5, 0.6) is 0 Å². The lowest BCUT2D eigenvalue weighted by Crippen LogP contribution is -2.31. The van der Waals surface area contributed by atoms with Gasteiger partial charge in [-0.1, -0.05) is 25.9 Å². The number of nitrogens with zero attached hydrogens (tertiary/aromatic N) is 3. The number of hydrogen-bond acceptors (Lipinski definition) is 5. The van der Waals surface area contributed by atoms with Gasteiger partial charge in [0.15, 0.2) is 5.82 Å². The minimum atomic E-state index is -0.819. The topological polar surface area (TPSA) is 79.5 Å². The van der Waals surface area contributed by atoms with Crippen LogP contribution in [-0.2, 0) is 16.8 Å². The van der Waals surface area contributed by atoms with E-state index in [0.29, 0.717) is 24.2 Å². The van der Waals surface area contributed by atoms with Gasteiger partial charge in [0.2, 0.25) is 5.89 Å². The Morgan fingerprint density at radius 1 is 1.47 bits per heavy atom. The van der Waals surface area contributed by atoms with Crippen molar-refractivity contribution in [1.29, 1.82) is 0 Å². The van der Waals surface area contributed by atoms with Gasteiger partial charge in [-0.15, -0.1) is 0 Å². The summed E-state index contributed by atoms with van der Waals surface area (Å²) in [5.41, 5.74) is -0.181. The number of hydrogen-bond donors (Lipinski definition) is 1. The number of carboxylic acids is 1. The molecule has 1 fully saturated rings. The molecule has 0 atom stereocenters. The normalized spacial score (nSPS) is 16.0. The molecule has 0 amide bonds. The molecule has 1 N–H and O–H groups in total. The Labute approximate surface area is 112 Å². The third-order valence-corrected chi connectivity index (χ3v) is 3.05. The van der Waals surface area contributed by atoms with E-state index in [-0.39, 0.29) is 12.0 Å². The van der Waals surface area contributed by atoms with Crippen molar-refractivity contribution in [2.75, 3.05) is 13.1 Å². The van der Waals surface area contributed by atoms with Crippen LogP contribution in [0.1, 0.15) is 45.3 Å². The quantitative estimate of drug-likeness (QED) is 0.844. The molecule has 0 aliphatic heterocycles. The molecule has 0 aromatic carbocycles. The van der Waals surface area contributed by atoms with Crippen molar-refractivity contribution in [3.63, 3.8) is 0 Å². The summed E-state index contributed by atoms with van der Waals surface area (Å²) >= 11 is 0. The molecular formula is C13H21N3O3. The molecule has 1 aromatic heterocycles. The van der Waals surface area contributed by atoms with E-state index in [1.165, 1.54) is 12.8 Å². The van der Waals surface area contributed by atoms with Gasteiger partial charge in [-0.05, 0) is 18.8 Å². The Morgan fingerprint density at radius 2 is 2.16 bits per heavy atom. The zero-order valence-electron chi connectivity index (χ0n) is 11.7. The Morgan fingerprint density at radius 3 is 2.63 bits per heavy atom. The van der Waals surface area contributed by atoms with E-state index in [1.807, 2.05) is 25.7 Å². The average molecular weight is 267 g/mol. The number of aliphatic carboxylic acids is 1. The summed E-state index contributed by atoms with van der Waals surface area (Å²) in [6, 6.07) is 0. The molecule has 2 rings (SSSR count). The smallest absolute Gasteiger partial charge is 0.317 e. The maximum Gasteiger partial charge on any atom is 0.317 e. The lowest BCUT2D eigenvalue weighted by molar-refractivity contribution is -0.138. The molecule has 0 unspecified atom stereocenters. The molecule has 1 aliphatic carbocycles. The molecule has 0 radical (unpaired) electrons. The second-order valence-corrected chi connectivity index (χ2v) is 6.27. The molecule has 6 heteroatoms. The molecule has 1 saturated carbocycles. The fraction of sp³-hybridized carbons (Fsp3) is 0.769. The van der Waals surface area contributed by atoms with Crippen LogP contribution in [0.3, 0.4) is 0 Å². The third kappa shape index (κ3) is 4.31. The van der Waals surface area contributed by atoms with Gasteiger partial charge in [-0.25, -0.2) is 0 Å². The molecule has 0 bridgehead atoms. The Bertz CT molecular complexity index is 446. The van der Waals surface area contributed by atoms with Crippen molar-refractivity contribution in [3.05, 3.63) is 11.7 Å². The Balaban J connectivity index is 1.99. The molecule has 0 spiro atoms. The summed E-state index contributed by atoms with van der Waals surface area (Å²) in [6.07, 6.45) is 2.38. The van der Waals surface area contributed by atoms with E-state index in [1.54, 1.807) is 0 Å². The molecule has 0 saturated heterocycles. The van der Waals surface area contributed by atoms with Crippen molar-refractivity contribution in [2.24, 2.45) is 5.92 Å². The van der Waals surface area contributed by atoms with Crippen molar-refractivity contribution in [3.8, 4) is 0 Å². The van der Waals surface area contributed by atoms with E-state index in [4.69, 9.17) is 9.63 Å². The van der Waals surface area contributed by atoms with Crippen molar-refractivity contribution in [2.45, 2.75) is 45.6 Å². The van der Waals surface area contributed by atoms with E-state index >= 15 is 0 Å². The van der Waals surface area contributed by atoms with Crippen molar-refractivity contribution in [1.82, 2.24) is 15.0 Å². The van der Waals surface area contributed by atoms with Gasteiger partial charge < -0.3 is 9.63 Å². The monoisotopic (exact) mass is 267 g/mol. The zero-order chi connectivity index (χ0) is 14.0. The highest BCUT2D eigenvalue weighted by atomic mass is 16.5. The fourth-order valence-corrected chi connectivity index (χ4v) is 1.86. The summed E-state index contributed by atoms with van der Waals surface area (Å²) < 4.78 is 5.22. The van der Waals surface area contributed by atoms with E-state index in [2.05, 4.69) is 10.1 Å². The molecule has 1 aromatic rings. The third-order valence-electron chi connectivity index (χ3n) is 3.05. The van der Waals surface area contributed by atoms with E-state index in [0.717, 1.165) is 6.54 Å². The standard InChI is InChI=1S/C13H21N3O3/c1-13(2,3)12-14-10(15-19-12)7-16(8-11(17)18)6-9-4-5-9/h9H,4-8H2,1-3H3,(H,17,18). The maximum atomic E-state index is 10.9. The van der Waals surface area contributed by atoms with Crippen LogP contribution in [0.15, 0.2) is 4.52 Å². The first-order valence-corrected chi connectivity index (χ1v) is 6.62. The second kappa shape index (κ2) is 5.28. The molecule has 1 aliphatic rings. The minimum Gasteiger partial charge on any atom is -0.480 e. The molecule has 6 nitrogen and oxygen atoms in total. The van der Waals surface area contributed by atoms with Crippen LogP contribution < -0.4 is 0 Å². The van der Waals surface area contributed by atoms with Gasteiger partial charge in [-0.2, -0.15) is 4.98 Å². The van der Waals surface area contributed by atoms with E-state index in [9.17, 15) is 4.79 Å². The van der Waals surface area contributed by atoms with Crippen LogP contribution in [0.4, 0.5) is 0 Å². The van der Waals surface area contributed by atoms with Gasteiger partial charge in [0.25, 0.3) is 0 Å². The minimum absolute atomic E-state index is 0.0237. The number of carboxylic acid groups (broad SMARTS) is 1. The predicted octanol–water partition coefficient (Wildman–Crippen LogP) is 1.66. The number of carbonyl (C=O) groups is 1. The largest absolute Gasteiger partial charge is 0.480 e. The van der Waals surface area contributed by atoms with Crippen LogP contribution in [0.2, 0.25) is 0 Å². The van der Waals surface area contributed by atoms with Gasteiger partial charge in [0.1, 0.15) is 0 Å². The summed E-state index contributed by atoms with van der Waals surface area (Å²) in [4.78, 5) is 17.1. The van der Waals surface area contributed by atoms with Crippen molar-refractivity contribution >= 4 is 5.97 Å². The second-order valence-electron chi connectivity index (χ2n) is 6.27. The van der Waals surface area contributed by atoms with Gasteiger partial charge in [-0.3, -0.25) is 9.69 Å². The molecule has 19 heavy (non-hydrogen) atoms. The van der Waals surface area contributed by atoms with E-state index < -0.39 is 5.97 Å². The van der Waals surface area contributed by atoms with Crippen LogP contribution in [0.25, 0.3) is 0 Å². The Hall–Kier alpha value is -1.43. The number of aromatic nitrogens is 2. The summed E-state index contributed by atoms with van der Waals surface area (Å²) in [5, 5.41) is 12.9. The number of rotatable bonds is 6. The van der Waals surface area contributed by atoms with Gasteiger partial charge >= 0.3 is 5.97 Å². The highest BCUT2D eigenvalue weighted by molar-refractivity contribution is 5.69. The Kier molecular flexibility index (Phi) is 3.89. The van der Waals surface area contributed by atoms with Gasteiger partial charge in [0, 0.05) is 12.0 Å².